The van der Waals surface area contributed by atoms with Crippen LogP contribution in [0.15, 0.2) is 58.0 Å². The number of aliphatic imine (C=N–C) groups is 1. The number of hydrogen-bond donors (Lipinski definition) is 1. The number of nitrogens with one attached hydrogen (secondary N) is 1. The van der Waals surface area contributed by atoms with Crippen molar-refractivity contribution >= 4 is 40.6 Å². The van der Waals surface area contributed by atoms with Crippen LogP contribution < -0.4 is 10.2 Å². The minimum atomic E-state index is -0.897. The van der Waals surface area contributed by atoms with Gasteiger partial charge in [0.25, 0.3) is 0 Å². The number of halogens is 1. The van der Waals surface area contributed by atoms with E-state index in [1.807, 2.05) is 58.9 Å². The lowest BCUT2D eigenvalue weighted by Crippen LogP contribution is -2.49. The SMILES string of the molecule is CC(C)[C@H](NC(=O)CN1C(=O)CN=C(c2ccc(Cl)cc2)c2ccccc21)C(=O)c1noc(C(C)(C)C)n1. The van der Waals surface area contributed by atoms with E-state index in [0.29, 0.717) is 27.9 Å². The summed E-state index contributed by atoms with van der Waals surface area (Å²) < 4.78 is 5.26. The summed E-state index contributed by atoms with van der Waals surface area (Å²) in [5, 5.41) is 7.20. The second kappa shape index (κ2) is 10.9. The lowest BCUT2D eigenvalue weighted by Gasteiger charge is -2.25. The molecule has 1 aliphatic heterocycles. The summed E-state index contributed by atoms with van der Waals surface area (Å²) in [5.41, 5.74) is 2.29. The van der Waals surface area contributed by atoms with Crippen molar-refractivity contribution in [2.75, 3.05) is 18.0 Å². The molecule has 3 aromatic rings. The molecule has 2 aromatic carbocycles. The van der Waals surface area contributed by atoms with Gasteiger partial charge in [0.05, 0.1) is 17.4 Å². The number of hydrogen-bond acceptors (Lipinski definition) is 7. The number of amides is 2. The van der Waals surface area contributed by atoms with Gasteiger partial charge in [-0.25, -0.2) is 0 Å². The molecule has 0 saturated carbocycles. The van der Waals surface area contributed by atoms with Crippen LogP contribution in [-0.2, 0) is 15.0 Å². The zero-order valence-corrected chi connectivity index (χ0v) is 22.7. The number of nitrogens with zero attached hydrogens (tertiary/aromatic N) is 4. The Morgan fingerprint density at radius 1 is 1.11 bits per heavy atom. The van der Waals surface area contributed by atoms with E-state index in [1.165, 1.54) is 4.90 Å². The average Bonchev–Trinajstić information content (AvgIpc) is 3.33. The van der Waals surface area contributed by atoms with Crippen LogP contribution in [0, 0.1) is 5.92 Å². The first-order valence-corrected chi connectivity index (χ1v) is 12.7. The smallest absolute Gasteiger partial charge is 0.249 e. The lowest BCUT2D eigenvalue weighted by atomic mass is 9.96. The molecule has 1 atom stereocenters. The number of aromatic nitrogens is 2. The Labute approximate surface area is 226 Å². The molecule has 10 heteroatoms. The van der Waals surface area contributed by atoms with Crippen LogP contribution in [0.5, 0.6) is 0 Å². The lowest BCUT2D eigenvalue weighted by molar-refractivity contribution is -0.123. The molecular weight excluding hydrogens is 506 g/mol. The Morgan fingerprint density at radius 2 is 1.79 bits per heavy atom. The van der Waals surface area contributed by atoms with Crippen LogP contribution >= 0.6 is 11.6 Å². The highest BCUT2D eigenvalue weighted by Gasteiger charge is 2.33. The standard InChI is InChI=1S/C28H30ClN5O4/c1-16(2)23(25(37)26-32-27(38-33-26)28(3,4)5)31-21(35)15-34-20-9-7-6-8-19(20)24(30-14-22(34)36)17-10-12-18(29)13-11-17/h6-13,16,23H,14-15H2,1-5H3,(H,31,35)/t23-/m0/s1. The molecule has 0 unspecified atom stereocenters. The average molecular weight is 536 g/mol. The van der Waals surface area contributed by atoms with Crippen LogP contribution in [-0.4, -0.2) is 52.6 Å². The summed E-state index contributed by atoms with van der Waals surface area (Å²) in [4.78, 5) is 49.7. The molecule has 0 spiro atoms. The zero-order valence-electron chi connectivity index (χ0n) is 22.0. The van der Waals surface area contributed by atoms with Gasteiger partial charge in [0, 0.05) is 21.6 Å². The molecule has 1 aliphatic rings. The van der Waals surface area contributed by atoms with Gasteiger partial charge in [0.1, 0.15) is 13.1 Å². The Hall–Kier alpha value is -3.85. The number of fused-ring (bicyclic) bond motifs is 1. The van der Waals surface area contributed by atoms with E-state index in [0.717, 1.165) is 5.56 Å². The van der Waals surface area contributed by atoms with Crippen LogP contribution in [0.1, 0.15) is 62.3 Å². The van der Waals surface area contributed by atoms with Crippen molar-refractivity contribution in [3.05, 3.63) is 76.4 Å². The maximum absolute atomic E-state index is 13.2. The summed E-state index contributed by atoms with van der Waals surface area (Å²) in [7, 11) is 0. The highest BCUT2D eigenvalue weighted by atomic mass is 35.5. The molecule has 0 saturated heterocycles. The summed E-state index contributed by atoms with van der Waals surface area (Å²) in [6, 6.07) is 13.6. The number of ketones is 1. The van der Waals surface area contributed by atoms with Crippen molar-refractivity contribution in [2.45, 2.75) is 46.1 Å². The van der Waals surface area contributed by atoms with Gasteiger partial charge >= 0.3 is 0 Å². The molecule has 2 heterocycles. The van der Waals surface area contributed by atoms with Gasteiger partial charge in [-0.3, -0.25) is 19.4 Å². The number of Topliss-reactive ketones (excluding diaryl/α,β-unsaturated/α-hetero) is 1. The third-order valence-corrected chi connectivity index (χ3v) is 6.35. The van der Waals surface area contributed by atoms with E-state index in [-0.39, 0.29) is 30.7 Å². The molecule has 4 rings (SSSR count). The first-order valence-electron chi connectivity index (χ1n) is 12.3. The maximum atomic E-state index is 13.2. The monoisotopic (exact) mass is 535 g/mol. The number of rotatable bonds is 7. The van der Waals surface area contributed by atoms with Crippen molar-refractivity contribution in [2.24, 2.45) is 10.9 Å². The fourth-order valence-electron chi connectivity index (χ4n) is 4.05. The second-order valence-corrected chi connectivity index (χ2v) is 10.9. The molecule has 198 valence electrons. The maximum Gasteiger partial charge on any atom is 0.249 e. The van der Waals surface area contributed by atoms with Crippen molar-refractivity contribution in [3.63, 3.8) is 0 Å². The number of benzodiazepines with no additional fused rings is 1. The highest BCUT2D eigenvalue weighted by Crippen LogP contribution is 2.27. The first kappa shape index (κ1) is 27.2. The Kier molecular flexibility index (Phi) is 7.78. The van der Waals surface area contributed by atoms with Gasteiger partial charge in [-0.15, -0.1) is 0 Å². The summed E-state index contributed by atoms with van der Waals surface area (Å²) in [6.07, 6.45) is 0. The van der Waals surface area contributed by atoms with Crippen molar-refractivity contribution < 1.29 is 18.9 Å². The quantitative estimate of drug-likeness (QED) is 0.452. The van der Waals surface area contributed by atoms with E-state index < -0.39 is 23.1 Å². The predicted molar refractivity (Wildman–Crippen MR) is 145 cm³/mol. The van der Waals surface area contributed by atoms with Crippen molar-refractivity contribution in [3.8, 4) is 0 Å². The Morgan fingerprint density at radius 3 is 2.42 bits per heavy atom. The second-order valence-electron chi connectivity index (χ2n) is 10.5. The van der Waals surface area contributed by atoms with Gasteiger partial charge in [-0.05, 0) is 24.1 Å². The molecule has 1 aromatic heterocycles. The van der Waals surface area contributed by atoms with Gasteiger partial charge in [0.2, 0.25) is 29.3 Å². The van der Waals surface area contributed by atoms with E-state index in [2.05, 4.69) is 20.4 Å². The Bertz CT molecular complexity index is 1390. The topological polar surface area (TPSA) is 118 Å². The fraction of sp³-hybridized carbons (Fsp3) is 0.357. The molecule has 0 aliphatic carbocycles. The van der Waals surface area contributed by atoms with Gasteiger partial charge in [0.15, 0.2) is 0 Å². The molecule has 0 radical (unpaired) electrons. The van der Waals surface area contributed by atoms with Crippen LogP contribution in [0.2, 0.25) is 5.02 Å². The number of carbonyl (C=O) groups is 3. The predicted octanol–water partition coefficient (Wildman–Crippen LogP) is 4.23. The minimum Gasteiger partial charge on any atom is -0.344 e. The van der Waals surface area contributed by atoms with Crippen LogP contribution in [0.4, 0.5) is 5.69 Å². The normalized spacial score (nSPS) is 14.6. The molecule has 9 nitrogen and oxygen atoms in total. The Balaban J connectivity index is 1.56. The molecule has 2 amide bonds. The van der Waals surface area contributed by atoms with E-state index in [4.69, 9.17) is 16.1 Å². The van der Waals surface area contributed by atoms with Gasteiger partial charge in [-0.1, -0.05) is 81.7 Å². The molecular formula is C28H30ClN5O4. The van der Waals surface area contributed by atoms with Gasteiger partial charge in [-0.2, -0.15) is 4.98 Å². The van der Waals surface area contributed by atoms with Crippen molar-refractivity contribution in [1.29, 1.82) is 0 Å². The summed E-state index contributed by atoms with van der Waals surface area (Å²) >= 11 is 6.05. The van der Waals surface area contributed by atoms with Crippen LogP contribution in [0.3, 0.4) is 0 Å². The summed E-state index contributed by atoms with van der Waals surface area (Å²) in [6.45, 7) is 8.90. The third-order valence-electron chi connectivity index (χ3n) is 6.10. The first-order chi connectivity index (χ1) is 18.0. The van der Waals surface area contributed by atoms with E-state index in [9.17, 15) is 14.4 Å². The van der Waals surface area contributed by atoms with E-state index in [1.54, 1.807) is 24.3 Å². The van der Waals surface area contributed by atoms with Crippen molar-refractivity contribution in [1.82, 2.24) is 15.5 Å². The third kappa shape index (κ3) is 5.83. The number of anilines is 1. The fourth-order valence-corrected chi connectivity index (χ4v) is 4.18. The van der Waals surface area contributed by atoms with Gasteiger partial charge < -0.3 is 14.7 Å². The number of para-hydroxylation sites is 1. The largest absolute Gasteiger partial charge is 0.344 e. The molecule has 1 N–H and O–H groups in total. The molecule has 0 fully saturated rings. The van der Waals surface area contributed by atoms with Crippen LogP contribution in [0.25, 0.3) is 0 Å². The highest BCUT2D eigenvalue weighted by molar-refractivity contribution is 6.30. The number of carbonyl (C=O) groups excluding carboxylic acids is 3. The van der Waals surface area contributed by atoms with E-state index >= 15 is 0 Å². The zero-order chi connectivity index (χ0) is 27.6. The summed E-state index contributed by atoms with van der Waals surface area (Å²) in [5.74, 6) is -1.30. The number of benzene rings is 2. The minimum absolute atomic E-state index is 0.0916. The molecule has 0 bridgehead atoms. The molecule has 38 heavy (non-hydrogen) atoms.